The summed E-state index contributed by atoms with van der Waals surface area (Å²) in [6, 6.07) is 0. The zero-order valence-electron chi connectivity index (χ0n) is 50.5. The Morgan fingerprint density at radius 3 is 0.816 bits per heavy atom. The molecule has 6 nitrogen and oxygen atoms in total. The minimum Gasteiger partial charge on any atom is -0.462 e. The first-order valence-electron chi connectivity index (χ1n) is 32.9. The van der Waals surface area contributed by atoms with Gasteiger partial charge in [0.05, 0.1) is 0 Å². The second-order valence-electron chi connectivity index (χ2n) is 22.0. The van der Waals surface area contributed by atoms with Crippen LogP contribution in [0.4, 0.5) is 0 Å². The molecule has 0 amide bonds. The first kappa shape index (κ1) is 72.8. The van der Waals surface area contributed by atoms with E-state index in [1.54, 1.807) is 0 Å². The number of allylic oxidation sites excluding steroid dienone is 12. The Bertz CT molecular complexity index is 1400. The second kappa shape index (κ2) is 64.4. The van der Waals surface area contributed by atoms with Gasteiger partial charge in [0.25, 0.3) is 0 Å². The maximum Gasteiger partial charge on any atom is 0.306 e. The molecule has 0 aromatic heterocycles. The van der Waals surface area contributed by atoms with Gasteiger partial charge in [0.2, 0.25) is 0 Å². The van der Waals surface area contributed by atoms with E-state index in [4.69, 9.17) is 14.2 Å². The van der Waals surface area contributed by atoms with Crippen LogP contribution >= 0.6 is 0 Å². The standard InChI is InChI=1S/C70H124O6/c1-4-7-10-13-16-19-22-25-27-29-30-31-32-33-34-35-36-37-38-39-40-42-43-45-48-51-54-57-60-63-69(72)75-66-67(65-74-68(71)62-59-56-53-50-47-24-21-18-15-12-9-6-3)76-70(73)64-61-58-55-52-49-46-44-41-28-26-23-20-17-14-11-8-5-2/h7,10,16,19,25-28,30-31,33-34,67H,4-6,8-9,11-15,17-18,20-24,29,32,35-66H2,1-3H3/b10-7-,19-16-,27-25-,28-26-,31-30-,34-33-. The number of hydrogen-bond acceptors (Lipinski definition) is 6. The first-order valence-corrected chi connectivity index (χ1v) is 32.9. The summed E-state index contributed by atoms with van der Waals surface area (Å²) >= 11 is 0. The van der Waals surface area contributed by atoms with Gasteiger partial charge >= 0.3 is 17.9 Å². The molecule has 6 heteroatoms. The number of hydrogen-bond donors (Lipinski definition) is 0. The summed E-state index contributed by atoms with van der Waals surface area (Å²) in [7, 11) is 0. The van der Waals surface area contributed by atoms with Crippen molar-refractivity contribution in [3.05, 3.63) is 72.9 Å². The molecule has 0 aliphatic carbocycles. The highest BCUT2D eigenvalue weighted by Crippen LogP contribution is 2.17. The van der Waals surface area contributed by atoms with Gasteiger partial charge in [-0.25, -0.2) is 0 Å². The van der Waals surface area contributed by atoms with Crippen LogP contribution in [0.2, 0.25) is 0 Å². The lowest BCUT2D eigenvalue weighted by molar-refractivity contribution is -0.167. The van der Waals surface area contributed by atoms with Crippen molar-refractivity contribution in [2.24, 2.45) is 0 Å². The number of esters is 3. The Morgan fingerprint density at radius 1 is 0.276 bits per heavy atom. The molecule has 1 unspecified atom stereocenters. The fourth-order valence-electron chi connectivity index (χ4n) is 9.53. The highest BCUT2D eigenvalue weighted by Gasteiger charge is 2.19. The Balaban J connectivity index is 4.22. The Kier molecular flexibility index (Phi) is 61.7. The molecule has 0 N–H and O–H groups in total. The molecule has 0 heterocycles. The smallest absolute Gasteiger partial charge is 0.306 e. The number of ether oxygens (including phenoxy) is 3. The lowest BCUT2D eigenvalue weighted by Gasteiger charge is -2.18. The van der Waals surface area contributed by atoms with E-state index in [1.807, 2.05) is 0 Å². The van der Waals surface area contributed by atoms with Crippen LogP contribution in [0.15, 0.2) is 72.9 Å². The van der Waals surface area contributed by atoms with E-state index in [9.17, 15) is 14.4 Å². The number of carbonyl (C=O) groups excluding carboxylic acids is 3. The molecule has 76 heavy (non-hydrogen) atoms. The summed E-state index contributed by atoms with van der Waals surface area (Å²) in [6.07, 6.45) is 83.4. The third-order valence-corrected chi connectivity index (χ3v) is 14.4. The molecular weight excluding hydrogens is 937 g/mol. The van der Waals surface area contributed by atoms with Crippen LogP contribution in [-0.2, 0) is 28.6 Å². The minimum atomic E-state index is -0.776. The fourth-order valence-corrected chi connectivity index (χ4v) is 9.53. The van der Waals surface area contributed by atoms with Crippen molar-refractivity contribution in [1.29, 1.82) is 0 Å². The Labute approximate surface area is 472 Å². The van der Waals surface area contributed by atoms with Crippen molar-refractivity contribution in [3.63, 3.8) is 0 Å². The molecule has 0 radical (unpaired) electrons. The molecule has 0 rings (SSSR count). The molecule has 0 aromatic rings. The van der Waals surface area contributed by atoms with Gasteiger partial charge in [-0.3, -0.25) is 14.4 Å². The average molecular weight is 1060 g/mol. The van der Waals surface area contributed by atoms with Gasteiger partial charge in [0.15, 0.2) is 6.10 Å². The predicted molar refractivity (Wildman–Crippen MR) is 330 cm³/mol. The normalized spacial score (nSPS) is 12.5. The van der Waals surface area contributed by atoms with Crippen molar-refractivity contribution in [2.45, 2.75) is 341 Å². The summed E-state index contributed by atoms with van der Waals surface area (Å²) in [4.78, 5) is 38.3. The average Bonchev–Trinajstić information content (AvgIpc) is 3.42. The van der Waals surface area contributed by atoms with Gasteiger partial charge in [-0.2, -0.15) is 0 Å². The van der Waals surface area contributed by atoms with Crippen molar-refractivity contribution in [1.82, 2.24) is 0 Å². The molecule has 0 aliphatic heterocycles. The van der Waals surface area contributed by atoms with Crippen LogP contribution in [-0.4, -0.2) is 37.2 Å². The maximum absolute atomic E-state index is 12.9. The Hall–Kier alpha value is -3.15. The van der Waals surface area contributed by atoms with Crippen molar-refractivity contribution in [2.75, 3.05) is 13.2 Å². The van der Waals surface area contributed by atoms with E-state index in [1.165, 1.54) is 205 Å². The molecule has 0 bridgehead atoms. The summed E-state index contributed by atoms with van der Waals surface area (Å²) in [6.45, 7) is 6.56. The van der Waals surface area contributed by atoms with Crippen LogP contribution in [0.1, 0.15) is 335 Å². The molecule has 0 aliphatic rings. The van der Waals surface area contributed by atoms with Crippen LogP contribution in [0.3, 0.4) is 0 Å². The van der Waals surface area contributed by atoms with E-state index in [0.29, 0.717) is 19.3 Å². The van der Waals surface area contributed by atoms with E-state index >= 15 is 0 Å². The summed E-state index contributed by atoms with van der Waals surface area (Å²) in [5.74, 6) is -0.861. The van der Waals surface area contributed by atoms with Gasteiger partial charge in [-0.05, 0) is 89.9 Å². The molecule has 0 spiro atoms. The van der Waals surface area contributed by atoms with E-state index in [0.717, 1.165) is 89.9 Å². The fraction of sp³-hybridized carbons (Fsp3) is 0.786. The van der Waals surface area contributed by atoms with E-state index in [2.05, 4.69) is 93.7 Å². The zero-order valence-corrected chi connectivity index (χ0v) is 50.5. The zero-order chi connectivity index (χ0) is 55.0. The van der Waals surface area contributed by atoms with Crippen molar-refractivity contribution in [3.8, 4) is 0 Å². The van der Waals surface area contributed by atoms with Gasteiger partial charge in [-0.1, -0.05) is 299 Å². The van der Waals surface area contributed by atoms with Gasteiger partial charge < -0.3 is 14.2 Å². The quantitative estimate of drug-likeness (QED) is 0.0261. The molecule has 440 valence electrons. The van der Waals surface area contributed by atoms with E-state index in [-0.39, 0.29) is 31.1 Å². The van der Waals surface area contributed by atoms with Gasteiger partial charge in [-0.15, -0.1) is 0 Å². The van der Waals surface area contributed by atoms with Crippen molar-refractivity contribution >= 4 is 17.9 Å². The second-order valence-corrected chi connectivity index (χ2v) is 22.0. The van der Waals surface area contributed by atoms with Crippen LogP contribution < -0.4 is 0 Å². The topological polar surface area (TPSA) is 78.9 Å². The van der Waals surface area contributed by atoms with Crippen LogP contribution in [0.25, 0.3) is 0 Å². The molecule has 0 fully saturated rings. The number of rotatable bonds is 60. The van der Waals surface area contributed by atoms with E-state index < -0.39 is 6.10 Å². The van der Waals surface area contributed by atoms with Gasteiger partial charge in [0, 0.05) is 19.3 Å². The molecule has 0 aromatic carbocycles. The monoisotopic (exact) mass is 1060 g/mol. The molecule has 0 saturated carbocycles. The maximum atomic E-state index is 12.9. The van der Waals surface area contributed by atoms with Crippen LogP contribution in [0, 0.1) is 0 Å². The summed E-state index contributed by atoms with van der Waals surface area (Å²) in [5, 5.41) is 0. The lowest BCUT2D eigenvalue weighted by Crippen LogP contribution is -2.30. The largest absolute Gasteiger partial charge is 0.462 e. The third-order valence-electron chi connectivity index (χ3n) is 14.4. The highest BCUT2D eigenvalue weighted by atomic mass is 16.6. The highest BCUT2D eigenvalue weighted by molar-refractivity contribution is 5.71. The minimum absolute atomic E-state index is 0.0726. The summed E-state index contributed by atoms with van der Waals surface area (Å²) in [5.41, 5.74) is 0. The SMILES string of the molecule is CC/C=C\C/C=C\C/C=C\C/C=C\C/C=C\CCCCCCCCCCCCCCCC(=O)OCC(COC(=O)CCCCCCCCCCCCCC)OC(=O)CCCCCCCCC/C=C\CCCCCCCC. The molecular formula is C70H124O6. The van der Waals surface area contributed by atoms with Gasteiger partial charge in [0.1, 0.15) is 13.2 Å². The molecule has 0 saturated heterocycles. The number of carbonyl (C=O) groups is 3. The summed E-state index contributed by atoms with van der Waals surface area (Å²) < 4.78 is 16.9. The van der Waals surface area contributed by atoms with Crippen molar-refractivity contribution < 1.29 is 28.6 Å². The lowest BCUT2D eigenvalue weighted by atomic mass is 10.0. The Morgan fingerprint density at radius 2 is 0.513 bits per heavy atom. The first-order chi connectivity index (χ1) is 37.5. The predicted octanol–water partition coefficient (Wildman–Crippen LogP) is 22.5. The molecule has 1 atom stereocenters. The third kappa shape index (κ3) is 61.7. The van der Waals surface area contributed by atoms with Crippen LogP contribution in [0.5, 0.6) is 0 Å². The number of unbranched alkanes of at least 4 members (excludes halogenated alkanes) is 37.